The number of hydrogen-bond donors (Lipinski definition) is 2. The zero-order chi connectivity index (χ0) is 12.3. The Balaban J connectivity index is 2.50. The topological polar surface area (TPSA) is 76.7 Å². The van der Waals surface area contributed by atoms with Crippen LogP contribution in [-0.4, -0.2) is 22.0 Å². The van der Waals surface area contributed by atoms with Crippen LogP contribution in [0.15, 0.2) is 30.7 Å². The van der Waals surface area contributed by atoms with Gasteiger partial charge in [0.05, 0.1) is 6.04 Å². The second-order valence-electron chi connectivity index (χ2n) is 3.76. The number of nitrogens with two attached hydrogens (primary N) is 1. The van der Waals surface area contributed by atoms with Crippen molar-refractivity contribution in [3.8, 4) is 0 Å². The van der Waals surface area contributed by atoms with Gasteiger partial charge in [-0.3, -0.25) is 0 Å². The van der Waals surface area contributed by atoms with Gasteiger partial charge in [0.25, 0.3) is 0 Å². The molecule has 0 aromatic carbocycles. The van der Waals surface area contributed by atoms with Gasteiger partial charge in [-0.05, 0) is 31.7 Å². The number of nitrogens with one attached hydrogen (secondary N) is 1. The van der Waals surface area contributed by atoms with Crippen LogP contribution < -0.4 is 11.1 Å². The molecule has 0 saturated heterocycles. The molecule has 0 saturated carbocycles. The Labute approximate surface area is 100 Å². The maximum absolute atomic E-state index is 5.93. The molecule has 2 aromatic heterocycles. The molecule has 2 aromatic rings. The lowest BCUT2D eigenvalue weighted by Gasteiger charge is -2.18. The molecule has 0 bridgehead atoms. The molecule has 0 fully saturated rings. The first kappa shape index (κ1) is 11.5. The summed E-state index contributed by atoms with van der Waals surface area (Å²) in [4.78, 5) is 12.6. The van der Waals surface area contributed by atoms with Gasteiger partial charge >= 0.3 is 0 Å². The fourth-order valence-electron chi connectivity index (χ4n) is 1.83. The molecule has 0 aliphatic heterocycles. The quantitative estimate of drug-likeness (QED) is 0.823. The van der Waals surface area contributed by atoms with Gasteiger partial charge in [-0.15, -0.1) is 0 Å². The van der Waals surface area contributed by atoms with Crippen LogP contribution in [0.3, 0.4) is 0 Å². The Hall–Kier alpha value is -2.01. The Bertz CT molecular complexity index is 477. The van der Waals surface area contributed by atoms with E-state index in [0.29, 0.717) is 11.6 Å². The average molecular weight is 229 g/mol. The largest absolute Gasteiger partial charge is 0.383 e. The van der Waals surface area contributed by atoms with Crippen molar-refractivity contribution in [2.24, 2.45) is 0 Å². The monoisotopic (exact) mass is 229 g/mol. The summed E-state index contributed by atoms with van der Waals surface area (Å²) in [6, 6.07) is 3.58. The van der Waals surface area contributed by atoms with Crippen molar-refractivity contribution in [3.63, 3.8) is 0 Å². The molecular weight excluding hydrogens is 214 g/mol. The predicted octanol–water partition coefficient (Wildman–Crippen LogP) is 1.07. The molecule has 3 N–H and O–H groups in total. The van der Waals surface area contributed by atoms with Crippen LogP contribution in [0.25, 0.3) is 0 Å². The summed E-state index contributed by atoms with van der Waals surface area (Å²) in [6.07, 6.45) is 5.13. The molecule has 0 radical (unpaired) electrons. The first-order valence-electron chi connectivity index (χ1n) is 5.39. The first-order valence-corrected chi connectivity index (χ1v) is 5.39. The van der Waals surface area contributed by atoms with Crippen molar-refractivity contribution in [1.82, 2.24) is 20.3 Å². The number of hydrogen-bond acceptors (Lipinski definition) is 5. The summed E-state index contributed by atoms with van der Waals surface area (Å²) in [5.74, 6) is 1.20. The van der Waals surface area contributed by atoms with E-state index >= 15 is 0 Å². The zero-order valence-corrected chi connectivity index (χ0v) is 9.88. The van der Waals surface area contributed by atoms with Crippen LogP contribution in [0, 0.1) is 6.92 Å². The number of rotatable bonds is 3. The van der Waals surface area contributed by atoms with Crippen molar-refractivity contribution >= 4 is 5.82 Å². The van der Waals surface area contributed by atoms with Crippen molar-refractivity contribution in [2.75, 3.05) is 12.8 Å². The van der Waals surface area contributed by atoms with Gasteiger partial charge in [-0.2, -0.15) is 0 Å². The maximum atomic E-state index is 5.93. The van der Waals surface area contributed by atoms with Crippen LogP contribution in [0.2, 0.25) is 0 Å². The van der Waals surface area contributed by atoms with E-state index in [4.69, 9.17) is 5.73 Å². The molecule has 0 aliphatic rings. The summed E-state index contributed by atoms with van der Waals surface area (Å²) >= 11 is 0. The Morgan fingerprint density at radius 3 is 2.47 bits per heavy atom. The van der Waals surface area contributed by atoms with E-state index in [1.165, 1.54) is 0 Å². The third kappa shape index (κ3) is 2.24. The highest BCUT2D eigenvalue weighted by Crippen LogP contribution is 2.25. The minimum Gasteiger partial charge on any atom is -0.383 e. The van der Waals surface area contributed by atoms with Gasteiger partial charge in [-0.1, -0.05) is 0 Å². The van der Waals surface area contributed by atoms with Crippen LogP contribution in [0.5, 0.6) is 0 Å². The fraction of sp³-hybridized carbons (Fsp3) is 0.250. The van der Waals surface area contributed by atoms with E-state index in [-0.39, 0.29) is 6.04 Å². The molecule has 5 heteroatoms. The predicted molar refractivity (Wildman–Crippen MR) is 66.3 cm³/mol. The van der Waals surface area contributed by atoms with Crippen LogP contribution in [-0.2, 0) is 0 Å². The highest BCUT2D eigenvalue weighted by atomic mass is 15.0. The van der Waals surface area contributed by atoms with Gasteiger partial charge < -0.3 is 11.1 Å². The van der Waals surface area contributed by atoms with Gasteiger partial charge in [-0.25, -0.2) is 15.0 Å². The third-order valence-corrected chi connectivity index (χ3v) is 2.66. The highest BCUT2D eigenvalue weighted by molar-refractivity contribution is 5.48. The Morgan fingerprint density at radius 2 is 1.88 bits per heavy atom. The second-order valence-corrected chi connectivity index (χ2v) is 3.76. The van der Waals surface area contributed by atoms with E-state index in [1.807, 2.05) is 20.0 Å². The first-order chi connectivity index (χ1) is 8.24. The van der Waals surface area contributed by atoms with Crippen LogP contribution in [0.4, 0.5) is 5.82 Å². The zero-order valence-electron chi connectivity index (χ0n) is 9.88. The SMILES string of the molecule is CNC(c1ncccn1)c1c(C)ccnc1N. The summed E-state index contributed by atoms with van der Waals surface area (Å²) in [5, 5.41) is 3.17. The van der Waals surface area contributed by atoms with Crippen molar-refractivity contribution < 1.29 is 0 Å². The molecular formula is C12H15N5. The van der Waals surface area contributed by atoms with E-state index in [9.17, 15) is 0 Å². The maximum Gasteiger partial charge on any atom is 0.149 e. The lowest BCUT2D eigenvalue weighted by Crippen LogP contribution is -2.22. The van der Waals surface area contributed by atoms with E-state index < -0.39 is 0 Å². The number of aromatic nitrogens is 3. The molecule has 0 aliphatic carbocycles. The average Bonchev–Trinajstić information content (AvgIpc) is 2.35. The van der Waals surface area contributed by atoms with Crippen molar-refractivity contribution in [3.05, 3.63) is 47.7 Å². The number of aryl methyl sites for hydroxylation is 1. The van der Waals surface area contributed by atoms with Gasteiger partial charge in [0, 0.05) is 24.2 Å². The van der Waals surface area contributed by atoms with Crippen LogP contribution in [0.1, 0.15) is 23.0 Å². The number of nitrogen functional groups attached to an aromatic ring is 1. The molecule has 2 rings (SSSR count). The molecule has 88 valence electrons. The summed E-state index contributed by atoms with van der Waals surface area (Å²) < 4.78 is 0. The molecule has 0 amide bonds. The van der Waals surface area contributed by atoms with E-state index in [0.717, 1.165) is 11.1 Å². The van der Waals surface area contributed by atoms with Gasteiger partial charge in [0.1, 0.15) is 11.6 Å². The molecule has 5 nitrogen and oxygen atoms in total. The second kappa shape index (κ2) is 4.88. The van der Waals surface area contributed by atoms with E-state index in [2.05, 4.69) is 20.3 Å². The lowest BCUT2D eigenvalue weighted by molar-refractivity contribution is 0.642. The smallest absolute Gasteiger partial charge is 0.149 e. The highest BCUT2D eigenvalue weighted by Gasteiger charge is 2.19. The number of pyridine rings is 1. The summed E-state index contributed by atoms with van der Waals surface area (Å²) in [7, 11) is 1.85. The summed E-state index contributed by atoms with van der Waals surface area (Å²) in [5.41, 5.74) is 7.93. The van der Waals surface area contributed by atoms with Crippen LogP contribution >= 0.6 is 0 Å². The molecule has 0 spiro atoms. The minimum absolute atomic E-state index is 0.134. The molecule has 1 atom stereocenters. The third-order valence-electron chi connectivity index (χ3n) is 2.66. The molecule has 2 heterocycles. The Kier molecular flexibility index (Phi) is 3.30. The van der Waals surface area contributed by atoms with Crippen molar-refractivity contribution in [1.29, 1.82) is 0 Å². The van der Waals surface area contributed by atoms with Gasteiger partial charge in [0.15, 0.2) is 0 Å². The van der Waals surface area contributed by atoms with Gasteiger partial charge in [0.2, 0.25) is 0 Å². The Morgan fingerprint density at radius 1 is 1.18 bits per heavy atom. The fourth-order valence-corrected chi connectivity index (χ4v) is 1.83. The summed E-state index contributed by atoms with van der Waals surface area (Å²) in [6.45, 7) is 2.00. The number of nitrogens with zero attached hydrogens (tertiary/aromatic N) is 3. The normalized spacial score (nSPS) is 12.4. The van der Waals surface area contributed by atoms with Crippen molar-refractivity contribution in [2.45, 2.75) is 13.0 Å². The standard InChI is InChI=1S/C12H15N5/c1-8-4-7-15-11(13)9(8)10(14-2)12-16-5-3-6-17-12/h3-7,10,14H,1-2H3,(H2,13,15). The number of anilines is 1. The lowest BCUT2D eigenvalue weighted by atomic mass is 10.0. The molecule has 1 unspecified atom stereocenters. The van der Waals surface area contributed by atoms with E-state index in [1.54, 1.807) is 24.7 Å². The molecule has 17 heavy (non-hydrogen) atoms. The minimum atomic E-state index is -0.134.